The van der Waals surface area contributed by atoms with Crippen LogP contribution >= 0.6 is 23.1 Å². The summed E-state index contributed by atoms with van der Waals surface area (Å²) in [4.78, 5) is 22.9. The molecule has 0 saturated carbocycles. The number of carbonyl (C=O) groups excluding carboxylic acids is 1. The van der Waals surface area contributed by atoms with Crippen LogP contribution in [0.1, 0.15) is 17.5 Å². The zero-order valence-electron chi connectivity index (χ0n) is 16.9. The quantitative estimate of drug-likeness (QED) is 0.488. The van der Waals surface area contributed by atoms with Crippen molar-refractivity contribution in [1.29, 1.82) is 0 Å². The van der Waals surface area contributed by atoms with E-state index >= 15 is 0 Å². The minimum atomic E-state index is 0.111. The van der Waals surface area contributed by atoms with Gasteiger partial charge < -0.3 is 4.90 Å². The third kappa shape index (κ3) is 5.56. The van der Waals surface area contributed by atoms with Gasteiger partial charge in [-0.05, 0) is 70.7 Å². The molecule has 0 unspecified atom stereocenters. The highest BCUT2D eigenvalue weighted by Gasteiger charge is 2.20. The molecule has 0 aliphatic heterocycles. The Kier molecular flexibility index (Phi) is 7.10. The highest BCUT2D eigenvalue weighted by atomic mass is 32.2. The Bertz CT molecular complexity index is 935. The van der Waals surface area contributed by atoms with Crippen molar-refractivity contribution in [3.8, 4) is 0 Å². The number of thiazole rings is 1. The topological polar surface area (TPSA) is 36.4 Å². The number of aromatic nitrogens is 1. The first kappa shape index (κ1) is 20.8. The summed E-state index contributed by atoms with van der Waals surface area (Å²) in [5.41, 5.74) is 3.40. The van der Waals surface area contributed by atoms with E-state index in [9.17, 15) is 4.79 Å². The standard InChI is InChI=1S/C22H27N3OS2/c1-16-6-9-18(10-7-16)27-15-21(26)25(13-5-12-24(3)4)22-23-19-11-8-17(2)14-20(19)28-22/h6-11,14H,5,12-13,15H2,1-4H3. The Morgan fingerprint density at radius 2 is 1.75 bits per heavy atom. The lowest BCUT2D eigenvalue weighted by Crippen LogP contribution is -2.34. The third-order valence-electron chi connectivity index (χ3n) is 4.43. The first-order chi connectivity index (χ1) is 13.4. The van der Waals surface area contributed by atoms with Crippen LogP contribution in [0.5, 0.6) is 0 Å². The third-order valence-corrected chi connectivity index (χ3v) is 6.47. The number of carbonyl (C=O) groups is 1. The smallest absolute Gasteiger partial charge is 0.239 e. The maximum Gasteiger partial charge on any atom is 0.239 e. The van der Waals surface area contributed by atoms with E-state index in [0.717, 1.165) is 33.2 Å². The highest BCUT2D eigenvalue weighted by Crippen LogP contribution is 2.30. The number of amides is 1. The molecule has 3 rings (SSSR count). The van der Waals surface area contributed by atoms with Crippen LogP contribution in [0.25, 0.3) is 10.2 Å². The molecule has 0 radical (unpaired) electrons. The van der Waals surface area contributed by atoms with Crippen LogP contribution in [0.3, 0.4) is 0 Å². The Hall–Kier alpha value is -1.89. The second-order valence-electron chi connectivity index (χ2n) is 7.27. The molecule has 0 aliphatic carbocycles. The summed E-state index contributed by atoms with van der Waals surface area (Å²) >= 11 is 3.19. The van der Waals surface area contributed by atoms with Crippen LogP contribution in [0.2, 0.25) is 0 Å². The minimum absolute atomic E-state index is 0.111. The Morgan fingerprint density at radius 3 is 2.46 bits per heavy atom. The number of rotatable bonds is 8. The van der Waals surface area contributed by atoms with Gasteiger partial charge in [-0.1, -0.05) is 35.1 Å². The molecule has 0 spiro atoms. The molecule has 0 N–H and O–H groups in total. The first-order valence-corrected chi connectivity index (χ1v) is 11.2. The number of aryl methyl sites for hydroxylation is 2. The van der Waals surface area contributed by atoms with Gasteiger partial charge in [0.15, 0.2) is 5.13 Å². The molecule has 6 heteroatoms. The molecule has 1 heterocycles. The molecule has 0 fully saturated rings. The predicted molar refractivity (Wildman–Crippen MR) is 122 cm³/mol. The molecule has 0 bridgehead atoms. The van der Waals surface area contributed by atoms with Crippen LogP contribution in [0.15, 0.2) is 47.4 Å². The maximum absolute atomic E-state index is 13.1. The van der Waals surface area contributed by atoms with Crippen molar-refractivity contribution >= 4 is 44.4 Å². The predicted octanol–water partition coefficient (Wildman–Crippen LogP) is 4.99. The van der Waals surface area contributed by atoms with Crippen molar-refractivity contribution < 1.29 is 4.79 Å². The highest BCUT2D eigenvalue weighted by molar-refractivity contribution is 8.00. The first-order valence-electron chi connectivity index (χ1n) is 9.44. The van der Waals surface area contributed by atoms with Gasteiger partial charge in [0, 0.05) is 11.4 Å². The number of fused-ring (bicyclic) bond motifs is 1. The van der Waals surface area contributed by atoms with Crippen molar-refractivity contribution in [2.75, 3.05) is 37.8 Å². The lowest BCUT2D eigenvalue weighted by Gasteiger charge is -2.21. The SMILES string of the molecule is Cc1ccc(SCC(=O)N(CCCN(C)C)c2nc3ccc(C)cc3s2)cc1. The van der Waals surface area contributed by atoms with Crippen LogP contribution < -0.4 is 4.90 Å². The van der Waals surface area contributed by atoms with Gasteiger partial charge in [0.1, 0.15) is 0 Å². The fourth-order valence-corrected chi connectivity index (χ4v) is 4.75. The van der Waals surface area contributed by atoms with Crippen molar-refractivity contribution in [2.45, 2.75) is 25.2 Å². The lowest BCUT2D eigenvalue weighted by molar-refractivity contribution is -0.116. The van der Waals surface area contributed by atoms with Gasteiger partial charge in [-0.3, -0.25) is 9.69 Å². The lowest BCUT2D eigenvalue weighted by atomic mass is 10.2. The summed E-state index contributed by atoms with van der Waals surface area (Å²) in [6.07, 6.45) is 0.920. The molecule has 0 saturated heterocycles. The zero-order chi connectivity index (χ0) is 20.1. The van der Waals surface area contributed by atoms with Gasteiger partial charge >= 0.3 is 0 Å². The normalized spacial score (nSPS) is 11.3. The Morgan fingerprint density at radius 1 is 1.04 bits per heavy atom. The van der Waals surface area contributed by atoms with Gasteiger partial charge in [0.25, 0.3) is 0 Å². The van der Waals surface area contributed by atoms with E-state index in [1.807, 2.05) is 11.0 Å². The molecule has 3 aromatic rings. The molecule has 148 valence electrons. The molecule has 0 aliphatic rings. The second-order valence-corrected chi connectivity index (χ2v) is 9.33. The van der Waals surface area contributed by atoms with Crippen LogP contribution in [-0.4, -0.2) is 48.7 Å². The van der Waals surface area contributed by atoms with E-state index in [4.69, 9.17) is 4.98 Å². The van der Waals surface area contributed by atoms with Gasteiger partial charge in [0.2, 0.25) is 5.91 Å². The Balaban J connectivity index is 1.76. The van der Waals surface area contributed by atoms with E-state index in [-0.39, 0.29) is 5.91 Å². The second kappa shape index (κ2) is 9.54. The molecule has 0 atom stereocenters. The largest absolute Gasteiger partial charge is 0.309 e. The zero-order valence-corrected chi connectivity index (χ0v) is 18.6. The fourth-order valence-electron chi connectivity index (χ4n) is 2.86. The molecule has 1 amide bonds. The number of anilines is 1. The molecule has 1 aromatic heterocycles. The minimum Gasteiger partial charge on any atom is -0.309 e. The average Bonchev–Trinajstić information content (AvgIpc) is 3.07. The number of benzene rings is 2. The number of hydrogen-bond donors (Lipinski definition) is 0. The number of thioether (sulfide) groups is 1. The summed E-state index contributed by atoms with van der Waals surface area (Å²) in [7, 11) is 4.11. The average molecular weight is 414 g/mol. The number of hydrogen-bond acceptors (Lipinski definition) is 5. The van der Waals surface area contributed by atoms with Crippen molar-refractivity contribution in [3.05, 3.63) is 53.6 Å². The molecular formula is C22H27N3OS2. The van der Waals surface area contributed by atoms with E-state index in [1.165, 1.54) is 11.1 Å². The van der Waals surface area contributed by atoms with E-state index in [2.05, 4.69) is 69.2 Å². The van der Waals surface area contributed by atoms with E-state index in [1.54, 1.807) is 23.1 Å². The Labute approximate surface area is 175 Å². The summed E-state index contributed by atoms with van der Waals surface area (Å²) < 4.78 is 1.13. The maximum atomic E-state index is 13.1. The monoisotopic (exact) mass is 413 g/mol. The van der Waals surface area contributed by atoms with Crippen LogP contribution in [-0.2, 0) is 4.79 Å². The summed E-state index contributed by atoms with van der Waals surface area (Å²) in [6.45, 7) is 5.78. The molecule has 4 nitrogen and oxygen atoms in total. The fraction of sp³-hybridized carbons (Fsp3) is 0.364. The van der Waals surface area contributed by atoms with Crippen LogP contribution in [0.4, 0.5) is 5.13 Å². The van der Waals surface area contributed by atoms with Crippen molar-refractivity contribution in [3.63, 3.8) is 0 Å². The summed E-state index contributed by atoms with van der Waals surface area (Å²) in [6, 6.07) is 14.6. The van der Waals surface area contributed by atoms with Crippen molar-refractivity contribution in [2.24, 2.45) is 0 Å². The summed E-state index contributed by atoms with van der Waals surface area (Å²) in [5, 5.41) is 0.800. The summed E-state index contributed by atoms with van der Waals surface area (Å²) in [5.74, 6) is 0.528. The van der Waals surface area contributed by atoms with Crippen LogP contribution in [0, 0.1) is 13.8 Å². The number of nitrogens with zero attached hydrogens (tertiary/aromatic N) is 3. The van der Waals surface area contributed by atoms with E-state index in [0.29, 0.717) is 12.3 Å². The van der Waals surface area contributed by atoms with Crippen molar-refractivity contribution in [1.82, 2.24) is 9.88 Å². The van der Waals surface area contributed by atoms with E-state index < -0.39 is 0 Å². The van der Waals surface area contributed by atoms with Gasteiger partial charge in [-0.15, -0.1) is 11.8 Å². The molecule has 28 heavy (non-hydrogen) atoms. The van der Waals surface area contributed by atoms with Gasteiger partial charge in [-0.25, -0.2) is 4.98 Å². The van der Waals surface area contributed by atoms with Gasteiger partial charge in [0.05, 0.1) is 16.0 Å². The molecular weight excluding hydrogens is 386 g/mol. The molecule has 2 aromatic carbocycles. The van der Waals surface area contributed by atoms with Gasteiger partial charge in [-0.2, -0.15) is 0 Å².